The fraction of sp³-hybridized carbons (Fsp3) is 0.375. The molecule has 1 aliphatic rings. The standard InChI is InChI=1S/C16H20N4O/c1-17-11-13-6-9-19(12-13)16(21)14-4-2-5-15(10-14)20-8-3-7-18-20/h2-5,7-8,10,13,17H,6,9,11-12H2,1H3. The van der Waals surface area contributed by atoms with E-state index in [1.54, 1.807) is 10.9 Å². The molecule has 1 aliphatic heterocycles. The summed E-state index contributed by atoms with van der Waals surface area (Å²) in [6.07, 6.45) is 4.69. The number of nitrogens with one attached hydrogen (secondary N) is 1. The Morgan fingerprint density at radius 1 is 1.43 bits per heavy atom. The van der Waals surface area contributed by atoms with E-state index in [2.05, 4.69) is 10.4 Å². The Balaban J connectivity index is 1.75. The van der Waals surface area contributed by atoms with Gasteiger partial charge in [0.2, 0.25) is 0 Å². The van der Waals surface area contributed by atoms with Crippen LogP contribution in [0.25, 0.3) is 5.69 Å². The first kappa shape index (κ1) is 13.8. The monoisotopic (exact) mass is 284 g/mol. The fourth-order valence-corrected chi connectivity index (χ4v) is 2.86. The van der Waals surface area contributed by atoms with Crippen LogP contribution in [0, 0.1) is 5.92 Å². The molecule has 1 aromatic carbocycles. The number of amides is 1. The molecule has 5 nitrogen and oxygen atoms in total. The van der Waals surface area contributed by atoms with Gasteiger partial charge in [-0.1, -0.05) is 6.07 Å². The van der Waals surface area contributed by atoms with Gasteiger partial charge in [-0.2, -0.15) is 5.10 Å². The highest BCUT2D eigenvalue weighted by Crippen LogP contribution is 2.19. The van der Waals surface area contributed by atoms with Crippen molar-refractivity contribution in [2.45, 2.75) is 6.42 Å². The third kappa shape index (κ3) is 2.97. The van der Waals surface area contributed by atoms with E-state index in [4.69, 9.17) is 0 Å². The summed E-state index contributed by atoms with van der Waals surface area (Å²) in [5.41, 5.74) is 1.64. The molecular formula is C16H20N4O. The third-order valence-electron chi connectivity index (χ3n) is 3.93. The van der Waals surface area contributed by atoms with Gasteiger partial charge in [0.25, 0.3) is 5.91 Å². The van der Waals surface area contributed by atoms with Crippen LogP contribution in [-0.4, -0.2) is 47.3 Å². The molecule has 0 radical (unpaired) electrons. The predicted octanol–water partition coefficient (Wildman–Crippen LogP) is 1.55. The Labute approximate surface area is 124 Å². The first-order valence-electron chi connectivity index (χ1n) is 7.32. The van der Waals surface area contributed by atoms with Crippen LogP contribution in [0.2, 0.25) is 0 Å². The van der Waals surface area contributed by atoms with Gasteiger partial charge in [-0.25, -0.2) is 4.68 Å². The number of hydrogen-bond donors (Lipinski definition) is 1. The molecule has 5 heteroatoms. The van der Waals surface area contributed by atoms with E-state index >= 15 is 0 Å². The van der Waals surface area contributed by atoms with Crippen molar-refractivity contribution in [1.82, 2.24) is 20.0 Å². The molecule has 1 unspecified atom stereocenters. The number of rotatable bonds is 4. The number of aromatic nitrogens is 2. The van der Waals surface area contributed by atoms with Crippen LogP contribution in [0.5, 0.6) is 0 Å². The number of likely N-dealkylation sites (tertiary alicyclic amines) is 1. The van der Waals surface area contributed by atoms with Gasteiger partial charge >= 0.3 is 0 Å². The molecule has 1 fully saturated rings. The van der Waals surface area contributed by atoms with Crippen LogP contribution >= 0.6 is 0 Å². The normalized spacial score (nSPS) is 18.1. The zero-order chi connectivity index (χ0) is 14.7. The van der Waals surface area contributed by atoms with Crippen molar-refractivity contribution < 1.29 is 4.79 Å². The summed E-state index contributed by atoms with van der Waals surface area (Å²) in [4.78, 5) is 14.5. The summed E-state index contributed by atoms with van der Waals surface area (Å²) in [7, 11) is 1.96. The average Bonchev–Trinajstić information content (AvgIpc) is 3.18. The summed E-state index contributed by atoms with van der Waals surface area (Å²) in [5.74, 6) is 0.677. The zero-order valence-electron chi connectivity index (χ0n) is 12.2. The number of nitrogens with zero attached hydrogens (tertiary/aromatic N) is 3. The Morgan fingerprint density at radius 2 is 2.33 bits per heavy atom. The van der Waals surface area contributed by atoms with Gasteiger partial charge in [0, 0.05) is 31.0 Å². The highest BCUT2D eigenvalue weighted by Gasteiger charge is 2.26. The van der Waals surface area contributed by atoms with E-state index in [1.165, 1.54) is 0 Å². The Bertz CT molecular complexity index is 608. The molecule has 1 atom stereocenters. The van der Waals surface area contributed by atoms with Gasteiger partial charge in [-0.15, -0.1) is 0 Å². The second-order valence-electron chi connectivity index (χ2n) is 5.46. The first-order chi connectivity index (χ1) is 10.3. The van der Waals surface area contributed by atoms with E-state index in [-0.39, 0.29) is 5.91 Å². The molecule has 1 N–H and O–H groups in total. The topological polar surface area (TPSA) is 50.2 Å². The summed E-state index contributed by atoms with van der Waals surface area (Å²) in [6.45, 7) is 2.65. The van der Waals surface area contributed by atoms with E-state index in [0.717, 1.165) is 37.3 Å². The summed E-state index contributed by atoms with van der Waals surface area (Å²) in [5, 5.41) is 7.39. The maximum absolute atomic E-state index is 12.6. The average molecular weight is 284 g/mol. The molecule has 1 saturated heterocycles. The van der Waals surface area contributed by atoms with Gasteiger partial charge in [0.15, 0.2) is 0 Å². The lowest BCUT2D eigenvalue weighted by Crippen LogP contribution is -2.30. The lowest BCUT2D eigenvalue weighted by molar-refractivity contribution is 0.0787. The van der Waals surface area contributed by atoms with Gasteiger partial charge < -0.3 is 10.2 Å². The van der Waals surface area contributed by atoms with Crippen molar-refractivity contribution in [3.05, 3.63) is 48.3 Å². The smallest absolute Gasteiger partial charge is 0.253 e. The number of carbonyl (C=O) groups excluding carboxylic acids is 1. The summed E-state index contributed by atoms with van der Waals surface area (Å²) < 4.78 is 1.77. The van der Waals surface area contributed by atoms with Crippen molar-refractivity contribution in [2.24, 2.45) is 5.92 Å². The van der Waals surface area contributed by atoms with Gasteiger partial charge in [-0.05, 0) is 50.2 Å². The largest absolute Gasteiger partial charge is 0.338 e. The van der Waals surface area contributed by atoms with Crippen LogP contribution in [0.1, 0.15) is 16.8 Å². The maximum Gasteiger partial charge on any atom is 0.253 e. The van der Waals surface area contributed by atoms with Crippen LogP contribution in [0.15, 0.2) is 42.7 Å². The van der Waals surface area contributed by atoms with Crippen molar-refractivity contribution in [2.75, 3.05) is 26.7 Å². The molecule has 1 aromatic heterocycles. The summed E-state index contributed by atoms with van der Waals surface area (Å²) in [6, 6.07) is 9.52. The molecule has 0 aliphatic carbocycles. The van der Waals surface area contributed by atoms with E-state index in [1.807, 2.05) is 48.5 Å². The molecule has 1 amide bonds. The molecular weight excluding hydrogens is 264 g/mol. The zero-order valence-corrected chi connectivity index (χ0v) is 12.2. The van der Waals surface area contributed by atoms with E-state index in [9.17, 15) is 4.79 Å². The van der Waals surface area contributed by atoms with Gasteiger partial charge in [0.05, 0.1) is 5.69 Å². The maximum atomic E-state index is 12.6. The highest BCUT2D eigenvalue weighted by molar-refractivity contribution is 5.94. The Morgan fingerprint density at radius 3 is 3.10 bits per heavy atom. The molecule has 2 heterocycles. The molecule has 3 rings (SSSR count). The minimum Gasteiger partial charge on any atom is -0.338 e. The quantitative estimate of drug-likeness (QED) is 0.927. The second-order valence-corrected chi connectivity index (χ2v) is 5.46. The Kier molecular flexibility index (Phi) is 4.01. The van der Waals surface area contributed by atoms with Crippen molar-refractivity contribution >= 4 is 5.91 Å². The molecule has 0 bridgehead atoms. The predicted molar refractivity (Wildman–Crippen MR) is 81.5 cm³/mol. The second kappa shape index (κ2) is 6.10. The lowest BCUT2D eigenvalue weighted by atomic mass is 10.1. The van der Waals surface area contributed by atoms with E-state index < -0.39 is 0 Å². The SMILES string of the molecule is CNCC1CCN(C(=O)c2cccc(-n3cccn3)c2)C1. The van der Waals surface area contributed by atoms with Crippen LogP contribution in [0.3, 0.4) is 0 Å². The van der Waals surface area contributed by atoms with Crippen molar-refractivity contribution in [3.63, 3.8) is 0 Å². The Hall–Kier alpha value is -2.14. The minimum atomic E-state index is 0.114. The molecule has 0 saturated carbocycles. The fourth-order valence-electron chi connectivity index (χ4n) is 2.86. The molecule has 21 heavy (non-hydrogen) atoms. The van der Waals surface area contributed by atoms with Crippen LogP contribution in [0.4, 0.5) is 0 Å². The van der Waals surface area contributed by atoms with Crippen LogP contribution < -0.4 is 5.32 Å². The summed E-state index contributed by atoms with van der Waals surface area (Å²) >= 11 is 0. The highest BCUT2D eigenvalue weighted by atomic mass is 16.2. The van der Waals surface area contributed by atoms with Crippen LogP contribution in [-0.2, 0) is 0 Å². The number of carbonyl (C=O) groups is 1. The van der Waals surface area contributed by atoms with E-state index in [0.29, 0.717) is 5.92 Å². The molecule has 110 valence electrons. The number of benzene rings is 1. The third-order valence-corrected chi connectivity index (χ3v) is 3.93. The van der Waals surface area contributed by atoms with Gasteiger partial charge in [-0.3, -0.25) is 4.79 Å². The number of hydrogen-bond acceptors (Lipinski definition) is 3. The van der Waals surface area contributed by atoms with Gasteiger partial charge in [0.1, 0.15) is 0 Å². The molecule has 2 aromatic rings. The first-order valence-corrected chi connectivity index (χ1v) is 7.32. The van der Waals surface area contributed by atoms with Crippen molar-refractivity contribution in [3.8, 4) is 5.69 Å². The molecule has 0 spiro atoms. The van der Waals surface area contributed by atoms with Crippen molar-refractivity contribution in [1.29, 1.82) is 0 Å². The minimum absolute atomic E-state index is 0.114. The lowest BCUT2D eigenvalue weighted by Gasteiger charge is -2.17.